The van der Waals surface area contributed by atoms with Crippen LogP contribution in [0, 0.1) is 23.7 Å². The van der Waals surface area contributed by atoms with Crippen LogP contribution in [0.15, 0.2) is 49.1 Å². The number of nitrogens with zero attached hydrogens (tertiary/aromatic N) is 6. The van der Waals surface area contributed by atoms with E-state index in [1.165, 1.54) is 12.4 Å². The molecule has 3 N–H and O–H groups in total. The Morgan fingerprint density at radius 1 is 0.844 bits per heavy atom. The number of likely N-dealkylation sites (tertiary alicyclic amines) is 3. The van der Waals surface area contributed by atoms with Gasteiger partial charge in [-0.2, -0.15) is 13.2 Å². The van der Waals surface area contributed by atoms with Crippen LogP contribution in [0.2, 0.25) is 0 Å². The number of benzene rings is 1. The molecule has 7 rings (SSSR count). The molecule has 64 heavy (non-hydrogen) atoms. The van der Waals surface area contributed by atoms with E-state index in [1.807, 2.05) is 11.0 Å². The lowest BCUT2D eigenvalue weighted by Gasteiger charge is -2.39. The molecule has 4 aliphatic rings. The standard InChI is InChI=1S/C45H58F3N9O7/c1-55-39(59)26-35(40(55)32-3-2-14-49-27-32)43(61)51-16-22-64-24-23-63-21-13-38(58)56-17-10-30(11-18-56)29-4-6-31(7-5-29)42(60)50-15-20-57-19-12-37(44(57)62)54-41-34-25-33(45(46,47)48)8-9-36(34)52-28-53-41/h2-3,8-9,14,25,27-31,35,37,40H,4-7,10-13,15-24,26H2,1H3,(H,50,60)(H,51,61)(H,52,53,54)/t29-,31+,35-,37-,40+/m0/s1. The third-order valence-corrected chi connectivity index (χ3v) is 13.3. The molecular formula is C45H58F3N9O7. The highest BCUT2D eigenvalue weighted by atomic mass is 19.4. The first-order chi connectivity index (χ1) is 30.9. The summed E-state index contributed by atoms with van der Waals surface area (Å²) in [5.74, 6) is 0.228. The SMILES string of the molecule is CN1C(=O)C[C@H](C(=O)NCCOCCOCCC(=O)N2CCC([C@H]3CC[C@@H](C(=O)NCCN4CC[C@H](Nc5ncnc6ccc(C(F)(F)F)cc56)C4=O)CC3)CC2)[C@H]1c1cccnc1. The molecule has 1 aromatic carbocycles. The number of alkyl halides is 3. The first-order valence-electron chi connectivity index (χ1n) is 22.4. The number of carbonyl (C=O) groups excluding carboxylic acids is 5. The number of halogens is 3. The summed E-state index contributed by atoms with van der Waals surface area (Å²) in [6, 6.07) is 5.90. The van der Waals surface area contributed by atoms with Crippen molar-refractivity contribution in [2.45, 2.75) is 76.0 Å². The van der Waals surface area contributed by atoms with Gasteiger partial charge < -0.3 is 40.1 Å². The quantitative estimate of drug-likeness (QED) is 0.157. The summed E-state index contributed by atoms with van der Waals surface area (Å²) in [6.45, 7) is 4.09. The summed E-state index contributed by atoms with van der Waals surface area (Å²) in [5, 5.41) is 9.10. The fourth-order valence-corrected chi connectivity index (χ4v) is 9.67. The van der Waals surface area contributed by atoms with Crippen molar-refractivity contribution < 1.29 is 46.6 Å². The molecule has 3 atom stereocenters. The number of rotatable bonds is 18. The Balaban J connectivity index is 0.710. The van der Waals surface area contributed by atoms with Crippen LogP contribution in [0.1, 0.15) is 75.0 Å². The van der Waals surface area contributed by atoms with E-state index < -0.39 is 23.7 Å². The number of fused-ring (bicyclic) bond motifs is 1. The van der Waals surface area contributed by atoms with E-state index in [0.29, 0.717) is 95.9 Å². The van der Waals surface area contributed by atoms with Crippen LogP contribution in [0.3, 0.4) is 0 Å². The molecular weight excluding hydrogens is 836 g/mol. The predicted octanol–water partition coefficient (Wildman–Crippen LogP) is 3.98. The minimum atomic E-state index is -4.52. The number of pyridine rings is 1. The molecule has 1 aliphatic carbocycles. The minimum absolute atomic E-state index is 0.00587. The molecule has 0 spiro atoms. The number of carbonyl (C=O) groups is 5. The van der Waals surface area contributed by atoms with Gasteiger partial charge in [0.2, 0.25) is 29.5 Å². The highest BCUT2D eigenvalue weighted by molar-refractivity contribution is 5.93. The third kappa shape index (κ3) is 11.6. The lowest BCUT2D eigenvalue weighted by molar-refractivity contribution is -0.137. The summed E-state index contributed by atoms with van der Waals surface area (Å²) >= 11 is 0. The summed E-state index contributed by atoms with van der Waals surface area (Å²) < 4.78 is 51.3. The third-order valence-electron chi connectivity index (χ3n) is 13.3. The van der Waals surface area contributed by atoms with Crippen LogP contribution in [0.25, 0.3) is 10.9 Å². The molecule has 346 valence electrons. The van der Waals surface area contributed by atoms with Crippen LogP contribution < -0.4 is 16.0 Å². The van der Waals surface area contributed by atoms with Crippen LogP contribution in [0.4, 0.5) is 19.0 Å². The smallest absolute Gasteiger partial charge is 0.379 e. The summed E-state index contributed by atoms with van der Waals surface area (Å²) in [5.41, 5.74) is 0.341. The Kier molecular flexibility index (Phi) is 15.6. The molecule has 1 saturated carbocycles. The second-order valence-electron chi connectivity index (χ2n) is 17.2. The molecule has 0 unspecified atom stereocenters. The van der Waals surface area contributed by atoms with Crippen molar-refractivity contribution in [3.8, 4) is 0 Å². The maximum absolute atomic E-state index is 13.3. The molecule has 2 aromatic heterocycles. The molecule has 3 aromatic rings. The Morgan fingerprint density at radius 3 is 2.31 bits per heavy atom. The predicted molar refractivity (Wildman–Crippen MR) is 228 cm³/mol. The topological polar surface area (TPSA) is 188 Å². The maximum atomic E-state index is 13.3. The number of amides is 5. The molecule has 5 amide bonds. The van der Waals surface area contributed by atoms with Crippen LogP contribution in [-0.2, 0) is 39.6 Å². The Hall–Kier alpha value is -5.43. The summed E-state index contributed by atoms with van der Waals surface area (Å²) in [6.07, 6.45) is 6.37. The van der Waals surface area contributed by atoms with Gasteiger partial charge in [-0.1, -0.05) is 6.07 Å². The van der Waals surface area contributed by atoms with Crippen molar-refractivity contribution in [2.24, 2.45) is 23.7 Å². The van der Waals surface area contributed by atoms with Crippen molar-refractivity contribution in [3.63, 3.8) is 0 Å². The molecule has 0 radical (unpaired) electrons. The van der Waals surface area contributed by atoms with E-state index in [0.717, 1.165) is 56.2 Å². The van der Waals surface area contributed by atoms with E-state index in [9.17, 15) is 37.1 Å². The fourth-order valence-electron chi connectivity index (χ4n) is 9.67. The zero-order valence-electron chi connectivity index (χ0n) is 36.2. The van der Waals surface area contributed by atoms with Crippen molar-refractivity contribution in [2.75, 3.05) is 78.1 Å². The molecule has 4 fully saturated rings. The van der Waals surface area contributed by atoms with Crippen LogP contribution >= 0.6 is 0 Å². The van der Waals surface area contributed by atoms with Gasteiger partial charge in [0, 0.05) is 76.4 Å². The molecule has 19 heteroatoms. The van der Waals surface area contributed by atoms with Gasteiger partial charge >= 0.3 is 6.18 Å². The number of hydrogen-bond donors (Lipinski definition) is 3. The van der Waals surface area contributed by atoms with Gasteiger partial charge in [-0.3, -0.25) is 29.0 Å². The second-order valence-corrected chi connectivity index (χ2v) is 17.2. The molecule has 3 aliphatic heterocycles. The zero-order chi connectivity index (χ0) is 45.2. The van der Waals surface area contributed by atoms with Gasteiger partial charge in [-0.05, 0) is 86.6 Å². The van der Waals surface area contributed by atoms with Crippen LogP contribution in [0.5, 0.6) is 0 Å². The second kappa shape index (κ2) is 21.5. The maximum Gasteiger partial charge on any atom is 0.416 e. The highest BCUT2D eigenvalue weighted by Gasteiger charge is 2.43. The number of aromatic nitrogens is 3. The summed E-state index contributed by atoms with van der Waals surface area (Å²) in [4.78, 5) is 81.9. The molecule has 0 bridgehead atoms. The van der Waals surface area contributed by atoms with Gasteiger partial charge in [0.25, 0.3) is 0 Å². The highest BCUT2D eigenvalue weighted by Crippen LogP contribution is 2.39. The van der Waals surface area contributed by atoms with E-state index in [1.54, 1.807) is 35.3 Å². The van der Waals surface area contributed by atoms with Crippen molar-refractivity contribution in [1.29, 1.82) is 0 Å². The Labute approximate surface area is 370 Å². The van der Waals surface area contributed by atoms with Crippen molar-refractivity contribution in [3.05, 3.63) is 60.2 Å². The molecule has 5 heterocycles. The molecule has 16 nitrogen and oxygen atoms in total. The lowest BCUT2D eigenvalue weighted by Crippen LogP contribution is -2.42. The van der Waals surface area contributed by atoms with Gasteiger partial charge in [-0.25, -0.2) is 9.97 Å². The average molecular weight is 894 g/mol. The van der Waals surface area contributed by atoms with E-state index in [4.69, 9.17) is 9.47 Å². The lowest BCUT2D eigenvalue weighted by atomic mass is 9.72. The van der Waals surface area contributed by atoms with Gasteiger partial charge in [0.15, 0.2) is 0 Å². The largest absolute Gasteiger partial charge is 0.416 e. The fraction of sp³-hybridized carbons (Fsp3) is 0.600. The Bertz CT molecular complexity index is 2100. The number of hydrogen-bond acceptors (Lipinski definition) is 11. The van der Waals surface area contributed by atoms with Gasteiger partial charge in [0.05, 0.1) is 55.9 Å². The normalized spacial score (nSPS) is 23.2. The number of ether oxygens (including phenoxy) is 2. The number of anilines is 1. The molecule has 3 saturated heterocycles. The summed E-state index contributed by atoms with van der Waals surface area (Å²) in [7, 11) is 1.70. The first-order valence-corrected chi connectivity index (χ1v) is 22.4. The van der Waals surface area contributed by atoms with Gasteiger partial charge in [0.1, 0.15) is 18.2 Å². The van der Waals surface area contributed by atoms with Crippen molar-refractivity contribution >= 4 is 46.3 Å². The van der Waals surface area contributed by atoms with Crippen LogP contribution in [-0.4, -0.2) is 138 Å². The van der Waals surface area contributed by atoms with E-state index >= 15 is 0 Å². The minimum Gasteiger partial charge on any atom is -0.379 e. The first kappa shape index (κ1) is 46.6. The van der Waals surface area contributed by atoms with E-state index in [-0.39, 0.29) is 59.1 Å². The monoisotopic (exact) mass is 893 g/mol. The zero-order valence-corrected chi connectivity index (χ0v) is 36.2. The van der Waals surface area contributed by atoms with Crippen molar-refractivity contribution in [1.82, 2.24) is 40.3 Å². The number of nitrogens with one attached hydrogen (secondary N) is 3. The Morgan fingerprint density at radius 2 is 1.58 bits per heavy atom. The average Bonchev–Trinajstić information content (AvgIpc) is 3.81. The number of piperidine rings is 1. The van der Waals surface area contributed by atoms with Gasteiger partial charge in [-0.15, -0.1) is 0 Å². The van der Waals surface area contributed by atoms with E-state index in [2.05, 4.69) is 30.9 Å².